The van der Waals surface area contributed by atoms with Crippen molar-refractivity contribution in [3.05, 3.63) is 44.7 Å². The molecule has 0 atom stereocenters. The topological polar surface area (TPSA) is 72.4 Å². The summed E-state index contributed by atoms with van der Waals surface area (Å²) >= 11 is 6.69. The third-order valence-corrected chi connectivity index (χ3v) is 6.81. The van der Waals surface area contributed by atoms with E-state index in [-0.39, 0.29) is 11.9 Å². The number of hydrogen-bond acceptors (Lipinski definition) is 5. The Labute approximate surface area is 178 Å². The first-order valence-corrected chi connectivity index (χ1v) is 11.0. The van der Waals surface area contributed by atoms with E-state index in [0.717, 1.165) is 53.2 Å². The number of aromatic nitrogens is 1. The second-order valence-corrected chi connectivity index (χ2v) is 8.73. The molecule has 2 N–H and O–H groups in total. The monoisotopic (exact) mass is 429 g/mol. The number of ether oxygens (including phenoxy) is 1. The van der Waals surface area contributed by atoms with Gasteiger partial charge < -0.3 is 14.6 Å². The summed E-state index contributed by atoms with van der Waals surface area (Å²) in [5.74, 6) is -0.491. The highest BCUT2D eigenvalue weighted by molar-refractivity contribution is 7.80. The van der Waals surface area contributed by atoms with Gasteiger partial charge in [-0.15, -0.1) is 11.3 Å². The lowest BCUT2D eigenvalue weighted by Crippen LogP contribution is -2.21. The van der Waals surface area contributed by atoms with Gasteiger partial charge in [-0.2, -0.15) is 0 Å². The fourth-order valence-corrected chi connectivity index (χ4v) is 5.70. The molecule has 0 spiro atoms. The van der Waals surface area contributed by atoms with Crippen molar-refractivity contribution in [1.29, 1.82) is 0 Å². The molecule has 152 valence electrons. The lowest BCUT2D eigenvalue weighted by Gasteiger charge is -2.13. The quantitative estimate of drug-likeness (QED) is 0.442. The summed E-state index contributed by atoms with van der Waals surface area (Å²) < 4.78 is 7.50. The highest BCUT2D eigenvalue weighted by atomic mass is 32.1. The molecule has 2 aromatic heterocycles. The van der Waals surface area contributed by atoms with E-state index in [9.17, 15) is 9.59 Å². The molecule has 1 amide bonds. The van der Waals surface area contributed by atoms with Crippen molar-refractivity contribution in [2.45, 2.75) is 46.5 Å². The molecular weight excluding hydrogens is 406 g/mol. The van der Waals surface area contributed by atoms with Crippen LogP contribution in [0.5, 0.6) is 0 Å². The summed E-state index contributed by atoms with van der Waals surface area (Å²) in [4.78, 5) is 26.1. The van der Waals surface area contributed by atoms with Crippen LogP contribution in [0.25, 0.3) is 11.1 Å². The fourth-order valence-electron chi connectivity index (χ4n) is 4.01. The first kappa shape index (κ1) is 19.8. The van der Waals surface area contributed by atoms with E-state index in [1.54, 1.807) is 17.4 Å². The minimum absolute atomic E-state index is 0.237. The van der Waals surface area contributed by atoms with Crippen LogP contribution in [0.4, 0.5) is 0 Å². The van der Waals surface area contributed by atoms with E-state index in [1.165, 1.54) is 4.88 Å². The molecular formula is C21H23N3O3S2. The minimum Gasteiger partial charge on any atom is -0.462 e. The Morgan fingerprint density at radius 2 is 2.07 bits per heavy atom. The normalized spacial score (nSPS) is 17.3. The summed E-state index contributed by atoms with van der Waals surface area (Å²) in [5, 5.41) is 6.69. The average Bonchev–Trinajstić information content (AvgIpc) is 3.28. The maximum Gasteiger partial charge on any atom is 0.341 e. The molecule has 0 bridgehead atoms. The predicted octanol–water partition coefficient (Wildman–Crippen LogP) is 3.56. The number of carbonyl (C=O) groups excluding carboxylic acids is 2. The fraction of sp³-hybridized carbons (Fsp3) is 0.381. The van der Waals surface area contributed by atoms with E-state index < -0.39 is 0 Å². The van der Waals surface area contributed by atoms with Crippen molar-refractivity contribution in [2.75, 3.05) is 6.61 Å². The second-order valence-electron chi connectivity index (χ2n) is 7.24. The number of hydrogen-bond donors (Lipinski definition) is 2. The van der Waals surface area contributed by atoms with E-state index in [0.29, 0.717) is 23.0 Å². The molecule has 6 nitrogen and oxygen atoms in total. The van der Waals surface area contributed by atoms with Gasteiger partial charge in [0.15, 0.2) is 5.11 Å². The Hall–Kier alpha value is -2.45. The lowest BCUT2D eigenvalue weighted by molar-refractivity contribution is -0.115. The molecule has 1 aliphatic heterocycles. The zero-order valence-corrected chi connectivity index (χ0v) is 18.3. The van der Waals surface area contributed by atoms with Gasteiger partial charge in [0.1, 0.15) is 10.7 Å². The summed E-state index contributed by atoms with van der Waals surface area (Å²) in [6, 6.07) is 2.02. The van der Waals surface area contributed by atoms with Crippen LogP contribution >= 0.6 is 23.6 Å². The van der Waals surface area contributed by atoms with Crippen LogP contribution in [0.3, 0.4) is 0 Å². The van der Waals surface area contributed by atoms with Crippen LogP contribution in [0.15, 0.2) is 11.8 Å². The van der Waals surface area contributed by atoms with Crippen LogP contribution in [0, 0.1) is 13.8 Å². The van der Waals surface area contributed by atoms with Gasteiger partial charge in [-0.25, -0.2) is 4.79 Å². The van der Waals surface area contributed by atoms with Gasteiger partial charge in [-0.1, -0.05) is 0 Å². The largest absolute Gasteiger partial charge is 0.462 e. The molecule has 1 aliphatic carbocycles. The van der Waals surface area contributed by atoms with E-state index in [2.05, 4.69) is 15.2 Å². The second kappa shape index (κ2) is 7.76. The van der Waals surface area contributed by atoms with Crippen LogP contribution in [0.1, 0.15) is 57.5 Å². The zero-order valence-electron chi connectivity index (χ0n) is 16.7. The number of thiophene rings is 1. The number of amides is 1. The van der Waals surface area contributed by atoms with Crippen molar-refractivity contribution >= 4 is 46.6 Å². The number of fused-ring (bicyclic) bond motifs is 1. The molecule has 0 saturated carbocycles. The maximum absolute atomic E-state index is 12.8. The molecule has 0 unspecified atom stereocenters. The van der Waals surface area contributed by atoms with Crippen LogP contribution in [-0.2, 0) is 22.4 Å². The van der Waals surface area contributed by atoms with Crippen molar-refractivity contribution in [1.82, 2.24) is 15.2 Å². The molecule has 0 aromatic carbocycles. The van der Waals surface area contributed by atoms with Crippen LogP contribution in [-0.4, -0.2) is 28.2 Å². The first-order valence-electron chi connectivity index (χ1n) is 9.75. The Morgan fingerprint density at radius 1 is 1.31 bits per heavy atom. The predicted molar refractivity (Wildman–Crippen MR) is 118 cm³/mol. The third-order valence-electron chi connectivity index (χ3n) is 5.33. The Kier molecular flexibility index (Phi) is 5.31. The van der Waals surface area contributed by atoms with Gasteiger partial charge in [-0.3, -0.25) is 10.1 Å². The molecule has 1 fully saturated rings. The SMILES string of the molecule is CCOC(=O)c1c(-n2c(C)cc(C=C3NC(=S)NC3=O)c2C)sc2c1CCCC2. The summed E-state index contributed by atoms with van der Waals surface area (Å²) in [5.41, 5.74) is 5.14. The highest BCUT2D eigenvalue weighted by Crippen LogP contribution is 2.39. The zero-order chi connectivity index (χ0) is 20.7. The van der Waals surface area contributed by atoms with E-state index >= 15 is 0 Å². The van der Waals surface area contributed by atoms with Gasteiger partial charge >= 0.3 is 5.97 Å². The van der Waals surface area contributed by atoms with Crippen molar-refractivity contribution in [3.8, 4) is 5.00 Å². The highest BCUT2D eigenvalue weighted by Gasteiger charge is 2.29. The number of aryl methyl sites for hydroxylation is 2. The first-order chi connectivity index (χ1) is 13.9. The molecule has 4 rings (SSSR count). The average molecular weight is 430 g/mol. The molecule has 3 heterocycles. The van der Waals surface area contributed by atoms with Gasteiger partial charge in [0.05, 0.1) is 12.2 Å². The number of esters is 1. The van der Waals surface area contributed by atoms with Gasteiger partial charge in [-0.05, 0) is 81.9 Å². The summed E-state index contributed by atoms with van der Waals surface area (Å²) in [7, 11) is 0. The molecule has 8 heteroatoms. The van der Waals surface area contributed by atoms with Crippen molar-refractivity contribution in [2.24, 2.45) is 0 Å². The summed E-state index contributed by atoms with van der Waals surface area (Å²) in [6.07, 6.45) is 5.96. The third kappa shape index (κ3) is 3.51. The van der Waals surface area contributed by atoms with Gasteiger partial charge in [0.2, 0.25) is 0 Å². The molecule has 2 aromatic rings. The molecule has 2 aliphatic rings. The summed E-state index contributed by atoms with van der Waals surface area (Å²) in [6.45, 7) is 6.19. The van der Waals surface area contributed by atoms with Gasteiger partial charge in [0, 0.05) is 16.3 Å². The van der Waals surface area contributed by atoms with Crippen molar-refractivity contribution < 1.29 is 14.3 Å². The smallest absolute Gasteiger partial charge is 0.341 e. The lowest BCUT2D eigenvalue weighted by atomic mass is 9.95. The van der Waals surface area contributed by atoms with Crippen molar-refractivity contribution in [3.63, 3.8) is 0 Å². The van der Waals surface area contributed by atoms with E-state index in [1.807, 2.05) is 26.8 Å². The van der Waals surface area contributed by atoms with Crippen LogP contribution in [0.2, 0.25) is 0 Å². The van der Waals surface area contributed by atoms with E-state index in [4.69, 9.17) is 17.0 Å². The van der Waals surface area contributed by atoms with Crippen LogP contribution < -0.4 is 10.6 Å². The number of nitrogens with one attached hydrogen (secondary N) is 2. The standard InChI is InChI=1S/C21H23N3O3S2/c1-4-27-20(26)17-14-7-5-6-8-16(14)29-19(17)24-11(2)9-13(12(24)3)10-15-18(25)23-21(28)22-15/h9-10H,4-8H2,1-3H3,(H2,22,23,25,28). The number of rotatable bonds is 4. The Balaban J connectivity index is 1.84. The molecule has 29 heavy (non-hydrogen) atoms. The Bertz CT molecular complexity index is 1060. The minimum atomic E-state index is -0.253. The maximum atomic E-state index is 12.8. The Morgan fingerprint density at radius 3 is 2.76 bits per heavy atom. The molecule has 1 saturated heterocycles. The number of carbonyl (C=O) groups is 2. The number of thiocarbonyl (C=S) groups is 1. The van der Waals surface area contributed by atoms with Gasteiger partial charge in [0.25, 0.3) is 5.91 Å². The number of nitrogens with zero attached hydrogens (tertiary/aromatic N) is 1. The molecule has 0 radical (unpaired) electrons.